The van der Waals surface area contributed by atoms with Crippen LogP contribution in [0, 0.1) is 18.3 Å². The molecule has 1 fully saturated rings. The highest BCUT2D eigenvalue weighted by molar-refractivity contribution is 5.89. The van der Waals surface area contributed by atoms with Gasteiger partial charge in [0.05, 0.1) is 22.6 Å². The van der Waals surface area contributed by atoms with Crippen molar-refractivity contribution in [3.63, 3.8) is 0 Å². The van der Waals surface area contributed by atoms with E-state index in [0.717, 1.165) is 25.7 Å². The highest BCUT2D eigenvalue weighted by atomic mass is 16.4. The van der Waals surface area contributed by atoms with Crippen molar-refractivity contribution in [3.8, 4) is 17.5 Å². The second kappa shape index (κ2) is 9.33. The molecule has 7 nitrogen and oxygen atoms in total. The van der Waals surface area contributed by atoms with Crippen molar-refractivity contribution in [3.05, 3.63) is 71.1 Å². The number of benzene rings is 2. The van der Waals surface area contributed by atoms with E-state index in [0.29, 0.717) is 11.1 Å². The first-order valence-electron chi connectivity index (χ1n) is 10.6. The molecule has 0 atom stereocenters. The standard InChI is InChI=1S/C18H20N4O3.C7H8/c1-17(2,20)16-22-21-14(25-16)11-7-12(15(23)24)9-13(8-11)18(10-19)5-3-4-6-18;1-7-5-3-2-4-6-7/h7-9H,3-6,20H2,1-2H3,(H,23,24);2-6H,1H3. The zero-order chi connectivity index (χ0) is 23.4. The molecule has 3 N–H and O–H groups in total. The minimum absolute atomic E-state index is 0.0979. The predicted molar refractivity (Wildman–Crippen MR) is 121 cm³/mol. The van der Waals surface area contributed by atoms with Gasteiger partial charge in [0.15, 0.2) is 0 Å². The van der Waals surface area contributed by atoms with Crippen LogP contribution in [0.15, 0.2) is 52.9 Å². The van der Waals surface area contributed by atoms with Gasteiger partial charge in [-0.25, -0.2) is 4.79 Å². The Morgan fingerprint density at radius 3 is 2.28 bits per heavy atom. The van der Waals surface area contributed by atoms with Crippen molar-refractivity contribution in [1.82, 2.24) is 10.2 Å². The Morgan fingerprint density at radius 1 is 1.16 bits per heavy atom. The molecule has 0 aliphatic heterocycles. The maximum absolute atomic E-state index is 11.5. The molecular weight excluding hydrogens is 404 g/mol. The second-order valence-corrected chi connectivity index (χ2v) is 8.79. The fraction of sp³-hybridized carbons (Fsp3) is 0.360. The van der Waals surface area contributed by atoms with Gasteiger partial charge in [0.25, 0.3) is 0 Å². The number of carboxylic acids is 1. The van der Waals surface area contributed by atoms with E-state index in [-0.39, 0.29) is 17.3 Å². The Balaban J connectivity index is 0.000000352. The molecule has 166 valence electrons. The molecule has 1 heterocycles. The Hall–Kier alpha value is -3.50. The number of aryl methyl sites for hydroxylation is 1. The molecule has 0 radical (unpaired) electrons. The van der Waals surface area contributed by atoms with Gasteiger partial charge in [-0.05, 0) is 57.4 Å². The average molecular weight is 433 g/mol. The molecule has 7 heteroatoms. The number of hydrogen-bond acceptors (Lipinski definition) is 6. The van der Waals surface area contributed by atoms with E-state index in [1.165, 1.54) is 11.6 Å². The number of carboxylic acid groups (broad SMARTS) is 1. The molecule has 0 amide bonds. The highest BCUT2D eigenvalue weighted by Gasteiger charge is 2.37. The molecule has 0 saturated heterocycles. The zero-order valence-electron chi connectivity index (χ0n) is 18.6. The van der Waals surface area contributed by atoms with Crippen LogP contribution in [0.2, 0.25) is 0 Å². The Labute approximate surface area is 187 Å². The fourth-order valence-electron chi connectivity index (χ4n) is 3.73. The molecule has 1 aliphatic rings. The lowest BCUT2D eigenvalue weighted by molar-refractivity contribution is 0.0696. The van der Waals surface area contributed by atoms with Crippen molar-refractivity contribution < 1.29 is 14.3 Å². The largest absolute Gasteiger partial charge is 0.478 e. The molecule has 2 aromatic carbocycles. The normalized spacial score (nSPS) is 14.8. The van der Waals surface area contributed by atoms with Crippen LogP contribution in [-0.2, 0) is 11.0 Å². The van der Waals surface area contributed by atoms with Crippen molar-refractivity contribution in [2.75, 3.05) is 0 Å². The van der Waals surface area contributed by atoms with Crippen LogP contribution >= 0.6 is 0 Å². The van der Waals surface area contributed by atoms with Crippen LogP contribution in [0.4, 0.5) is 0 Å². The van der Waals surface area contributed by atoms with E-state index >= 15 is 0 Å². The van der Waals surface area contributed by atoms with Gasteiger partial charge in [-0.1, -0.05) is 48.7 Å². The lowest BCUT2D eigenvalue weighted by Gasteiger charge is -2.21. The Bertz CT molecular complexity index is 1120. The van der Waals surface area contributed by atoms with Crippen molar-refractivity contribution >= 4 is 5.97 Å². The van der Waals surface area contributed by atoms with Gasteiger partial charge in [0.1, 0.15) is 0 Å². The molecule has 1 aliphatic carbocycles. The molecule has 1 aromatic heterocycles. The van der Waals surface area contributed by atoms with E-state index in [1.54, 1.807) is 26.0 Å². The Morgan fingerprint density at radius 2 is 1.81 bits per heavy atom. The maximum Gasteiger partial charge on any atom is 0.335 e. The summed E-state index contributed by atoms with van der Waals surface area (Å²) in [6, 6.07) is 17.5. The number of nitrogens with two attached hydrogens (primary N) is 1. The average Bonchev–Trinajstić information content (AvgIpc) is 3.45. The van der Waals surface area contributed by atoms with Gasteiger partial charge in [-0.3, -0.25) is 0 Å². The zero-order valence-corrected chi connectivity index (χ0v) is 18.6. The minimum Gasteiger partial charge on any atom is -0.478 e. The summed E-state index contributed by atoms with van der Waals surface area (Å²) in [4.78, 5) is 11.5. The van der Waals surface area contributed by atoms with Gasteiger partial charge in [0.2, 0.25) is 11.8 Å². The van der Waals surface area contributed by atoms with E-state index in [4.69, 9.17) is 10.2 Å². The van der Waals surface area contributed by atoms with E-state index in [2.05, 4.69) is 35.3 Å². The minimum atomic E-state index is -1.06. The molecule has 3 aromatic rings. The lowest BCUT2D eigenvalue weighted by atomic mass is 9.79. The maximum atomic E-state index is 11.5. The van der Waals surface area contributed by atoms with Gasteiger partial charge in [-0.2, -0.15) is 5.26 Å². The fourth-order valence-corrected chi connectivity index (χ4v) is 3.73. The molecule has 0 bridgehead atoms. The first kappa shape index (κ1) is 23.2. The van der Waals surface area contributed by atoms with Gasteiger partial charge in [-0.15, -0.1) is 10.2 Å². The van der Waals surface area contributed by atoms with E-state index in [1.807, 2.05) is 18.2 Å². The molecule has 0 unspecified atom stereocenters. The first-order chi connectivity index (χ1) is 15.1. The number of aromatic nitrogens is 2. The third-order valence-corrected chi connectivity index (χ3v) is 5.57. The van der Waals surface area contributed by atoms with Gasteiger partial charge < -0.3 is 15.3 Å². The van der Waals surface area contributed by atoms with Crippen molar-refractivity contribution in [2.45, 2.75) is 57.4 Å². The Kier molecular flexibility index (Phi) is 6.75. The van der Waals surface area contributed by atoms with Gasteiger partial charge in [0, 0.05) is 5.56 Å². The quantitative estimate of drug-likeness (QED) is 0.596. The summed E-state index contributed by atoms with van der Waals surface area (Å²) in [6.45, 7) is 5.57. The third kappa shape index (κ3) is 5.21. The summed E-state index contributed by atoms with van der Waals surface area (Å²) in [7, 11) is 0. The number of carbonyl (C=O) groups is 1. The predicted octanol–water partition coefficient (Wildman–Crippen LogP) is 4.96. The lowest BCUT2D eigenvalue weighted by Crippen LogP contribution is -2.29. The topological polar surface area (TPSA) is 126 Å². The van der Waals surface area contributed by atoms with Crippen LogP contribution in [0.25, 0.3) is 11.5 Å². The smallest absolute Gasteiger partial charge is 0.335 e. The summed E-state index contributed by atoms with van der Waals surface area (Å²) in [5.41, 5.74) is 7.11. The number of aromatic carboxylic acids is 1. The summed E-state index contributed by atoms with van der Waals surface area (Å²) in [6.07, 6.45) is 3.34. The summed E-state index contributed by atoms with van der Waals surface area (Å²) < 4.78 is 5.63. The molecule has 0 spiro atoms. The van der Waals surface area contributed by atoms with Crippen molar-refractivity contribution in [2.24, 2.45) is 5.73 Å². The third-order valence-electron chi connectivity index (χ3n) is 5.57. The molecule has 1 saturated carbocycles. The summed E-state index contributed by atoms with van der Waals surface area (Å²) in [5.74, 6) is -0.599. The van der Waals surface area contributed by atoms with Gasteiger partial charge >= 0.3 is 5.97 Å². The van der Waals surface area contributed by atoms with E-state index < -0.39 is 16.9 Å². The number of nitrogens with zero attached hydrogens (tertiary/aromatic N) is 3. The van der Waals surface area contributed by atoms with Crippen molar-refractivity contribution in [1.29, 1.82) is 5.26 Å². The van der Waals surface area contributed by atoms with E-state index in [9.17, 15) is 15.2 Å². The monoisotopic (exact) mass is 432 g/mol. The molecular formula is C25H28N4O3. The molecule has 4 rings (SSSR count). The summed E-state index contributed by atoms with van der Waals surface area (Å²) in [5, 5.41) is 27.1. The highest BCUT2D eigenvalue weighted by Crippen LogP contribution is 2.42. The van der Waals surface area contributed by atoms with Crippen LogP contribution in [-0.4, -0.2) is 21.3 Å². The summed E-state index contributed by atoms with van der Waals surface area (Å²) >= 11 is 0. The number of hydrogen-bond donors (Lipinski definition) is 2. The second-order valence-electron chi connectivity index (χ2n) is 8.79. The van der Waals surface area contributed by atoms with Crippen LogP contribution < -0.4 is 5.73 Å². The van der Waals surface area contributed by atoms with Crippen LogP contribution in [0.3, 0.4) is 0 Å². The number of rotatable bonds is 4. The molecule has 32 heavy (non-hydrogen) atoms. The number of nitriles is 1. The van der Waals surface area contributed by atoms with Crippen LogP contribution in [0.5, 0.6) is 0 Å². The SMILES string of the molecule is CC(C)(N)c1nnc(-c2cc(C(=O)O)cc(C3(C#N)CCCC3)c2)o1.Cc1ccccc1. The first-order valence-corrected chi connectivity index (χ1v) is 10.6. The van der Waals surface area contributed by atoms with Crippen LogP contribution in [0.1, 0.15) is 66.9 Å².